The number of aromatic nitrogens is 1. The number of oxazole rings is 1. The zero-order valence-electron chi connectivity index (χ0n) is 10.8. The second-order valence-electron chi connectivity index (χ2n) is 4.38. The topological polar surface area (TPSA) is 99.6 Å². The van der Waals surface area contributed by atoms with Crippen molar-refractivity contribution >= 4 is 11.6 Å². The van der Waals surface area contributed by atoms with Gasteiger partial charge in [-0.1, -0.05) is 0 Å². The smallest absolute Gasteiger partial charge is 0.277 e. The Balaban J connectivity index is 1.75. The van der Waals surface area contributed by atoms with E-state index in [2.05, 4.69) is 10.3 Å². The van der Waals surface area contributed by atoms with Crippen molar-refractivity contribution in [1.82, 2.24) is 4.98 Å². The van der Waals surface area contributed by atoms with Crippen molar-refractivity contribution in [2.45, 2.75) is 13.0 Å². The molecule has 0 radical (unpaired) electrons. The predicted molar refractivity (Wildman–Crippen MR) is 69.6 cm³/mol. The molecule has 7 heteroatoms. The Labute approximate surface area is 114 Å². The zero-order valence-corrected chi connectivity index (χ0v) is 10.8. The minimum atomic E-state index is -0.375. The molecule has 1 unspecified atom stereocenters. The van der Waals surface area contributed by atoms with Crippen LogP contribution in [-0.4, -0.2) is 17.7 Å². The largest absolute Gasteiger partial charge is 0.454 e. The quantitative estimate of drug-likeness (QED) is 0.884. The summed E-state index contributed by atoms with van der Waals surface area (Å²) < 4.78 is 15.6. The molecule has 1 aromatic heterocycles. The maximum atomic E-state index is 12.0. The molecule has 1 aromatic carbocycles. The highest BCUT2D eigenvalue weighted by molar-refractivity contribution is 6.02. The van der Waals surface area contributed by atoms with E-state index in [0.717, 1.165) is 0 Å². The van der Waals surface area contributed by atoms with Crippen molar-refractivity contribution in [3.05, 3.63) is 36.0 Å². The van der Waals surface area contributed by atoms with Crippen LogP contribution in [0, 0.1) is 0 Å². The van der Waals surface area contributed by atoms with Crippen LogP contribution in [-0.2, 0) is 0 Å². The van der Waals surface area contributed by atoms with Crippen molar-refractivity contribution in [3.8, 4) is 11.5 Å². The van der Waals surface area contributed by atoms with Crippen molar-refractivity contribution in [2.24, 2.45) is 5.73 Å². The van der Waals surface area contributed by atoms with Gasteiger partial charge in [0.1, 0.15) is 6.26 Å². The molecular formula is C13H13N3O4. The third-order valence-corrected chi connectivity index (χ3v) is 2.77. The molecule has 20 heavy (non-hydrogen) atoms. The van der Waals surface area contributed by atoms with Crippen LogP contribution in [0.25, 0.3) is 0 Å². The lowest BCUT2D eigenvalue weighted by atomic mass is 10.2. The zero-order chi connectivity index (χ0) is 14.1. The molecule has 3 rings (SSSR count). The summed E-state index contributed by atoms with van der Waals surface area (Å²) in [6.07, 6.45) is 1.28. The highest BCUT2D eigenvalue weighted by atomic mass is 16.7. The molecule has 7 nitrogen and oxygen atoms in total. The number of rotatable bonds is 3. The Hall–Kier alpha value is -2.54. The number of hydrogen-bond acceptors (Lipinski definition) is 6. The summed E-state index contributed by atoms with van der Waals surface area (Å²) in [6.45, 7) is 1.92. The first-order valence-electron chi connectivity index (χ1n) is 6.05. The van der Waals surface area contributed by atoms with Gasteiger partial charge in [-0.15, -0.1) is 0 Å². The molecule has 1 aliphatic heterocycles. The minimum Gasteiger partial charge on any atom is -0.454 e. The number of nitrogens with two attached hydrogens (primary N) is 1. The standard InChI is InChI=1S/C13H13N3O4/c1-7(14)13-16-9(5-18-13)12(17)15-8-2-3-10-11(4-8)20-6-19-10/h2-5,7H,6,14H2,1H3,(H,15,17). The summed E-state index contributed by atoms with van der Waals surface area (Å²) in [7, 11) is 0. The number of nitrogens with one attached hydrogen (secondary N) is 1. The van der Waals surface area contributed by atoms with Crippen LogP contribution in [0.3, 0.4) is 0 Å². The summed E-state index contributed by atoms with van der Waals surface area (Å²) in [4.78, 5) is 16.0. The molecule has 104 valence electrons. The van der Waals surface area contributed by atoms with Gasteiger partial charge in [0.2, 0.25) is 12.7 Å². The predicted octanol–water partition coefficient (Wildman–Crippen LogP) is 1.68. The maximum absolute atomic E-state index is 12.0. The third kappa shape index (κ3) is 2.30. The van der Waals surface area contributed by atoms with E-state index in [4.69, 9.17) is 19.6 Å². The van der Waals surface area contributed by atoms with Gasteiger partial charge in [-0.05, 0) is 19.1 Å². The van der Waals surface area contributed by atoms with Gasteiger partial charge in [-0.25, -0.2) is 4.98 Å². The average Bonchev–Trinajstić information content (AvgIpc) is 3.07. The number of amides is 1. The summed E-state index contributed by atoms with van der Waals surface area (Å²) in [5.74, 6) is 1.20. The van der Waals surface area contributed by atoms with Crippen LogP contribution >= 0.6 is 0 Å². The fourth-order valence-corrected chi connectivity index (χ4v) is 1.77. The lowest BCUT2D eigenvalue weighted by Crippen LogP contribution is -2.13. The Morgan fingerprint density at radius 1 is 1.40 bits per heavy atom. The Kier molecular flexibility index (Phi) is 3.03. The Morgan fingerprint density at radius 3 is 2.95 bits per heavy atom. The molecule has 3 N–H and O–H groups in total. The molecule has 2 aromatic rings. The van der Waals surface area contributed by atoms with Gasteiger partial charge in [-0.2, -0.15) is 0 Å². The van der Waals surface area contributed by atoms with E-state index >= 15 is 0 Å². The van der Waals surface area contributed by atoms with Crippen LogP contribution < -0.4 is 20.5 Å². The molecule has 0 fully saturated rings. The maximum Gasteiger partial charge on any atom is 0.277 e. The number of benzene rings is 1. The van der Waals surface area contributed by atoms with Crippen molar-refractivity contribution in [3.63, 3.8) is 0 Å². The van der Waals surface area contributed by atoms with Crippen LogP contribution in [0.2, 0.25) is 0 Å². The number of nitrogens with zero attached hydrogens (tertiary/aromatic N) is 1. The molecule has 0 bridgehead atoms. The highest BCUT2D eigenvalue weighted by Crippen LogP contribution is 2.34. The van der Waals surface area contributed by atoms with Crippen molar-refractivity contribution in [2.75, 3.05) is 12.1 Å². The van der Waals surface area contributed by atoms with Crippen LogP contribution in [0.4, 0.5) is 5.69 Å². The fraction of sp³-hybridized carbons (Fsp3) is 0.231. The minimum absolute atomic E-state index is 0.176. The molecule has 0 saturated heterocycles. The van der Waals surface area contributed by atoms with Gasteiger partial charge in [0.25, 0.3) is 5.91 Å². The second-order valence-corrected chi connectivity index (χ2v) is 4.38. The Bertz CT molecular complexity index is 651. The number of fused-ring (bicyclic) bond motifs is 1. The summed E-state index contributed by atoms with van der Waals surface area (Å²) in [5, 5.41) is 2.70. The summed E-state index contributed by atoms with van der Waals surface area (Å²) in [5.41, 5.74) is 6.39. The number of ether oxygens (including phenoxy) is 2. The van der Waals surface area contributed by atoms with Gasteiger partial charge in [0.05, 0.1) is 6.04 Å². The van der Waals surface area contributed by atoms with E-state index in [1.54, 1.807) is 25.1 Å². The fourth-order valence-electron chi connectivity index (χ4n) is 1.77. The van der Waals surface area contributed by atoms with E-state index in [0.29, 0.717) is 23.1 Å². The van der Waals surface area contributed by atoms with Crippen molar-refractivity contribution < 1.29 is 18.7 Å². The van der Waals surface area contributed by atoms with Gasteiger partial charge in [-0.3, -0.25) is 4.79 Å². The molecule has 0 aliphatic carbocycles. The third-order valence-electron chi connectivity index (χ3n) is 2.77. The van der Waals surface area contributed by atoms with Crippen LogP contribution in [0.1, 0.15) is 29.3 Å². The van der Waals surface area contributed by atoms with Crippen LogP contribution in [0.5, 0.6) is 11.5 Å². The molecule has 0 saturated carbocycles. The number of carbonyl (C=O) groups is 1. The van der Waals surface area contributed by atoms with E-state index in [1.807, 2.05) is 0 Å². The summed E-state index contributed by atoms with van der Waals surface area (Å²) >= 11 is 0. The SMILES string of the molecule is CC(N)c1nc(C(=O)Nc2ccc3c(c2)OCO3)co1. The average molecular weight is 275 g/mol. The van der Waals surface area contributed by atoms with E-state index in [-0.39, 0.29) is 24.4 Å². The first kappa shape index (κ1) is 12.5. The van der Waals surface area contributed by atoms with Gasteiger partial charge in [0, 0.05) is 11.8 Å². The monoisotopic (exact) mass is 275 g/mol. The molecular weight excluding hydrogens is 262 g/mol. The lowest BCUT2D eigenvalue weighted by molar-refractivity contribution is 0.102. The van der Waals surface area contributed by atoms with Gasteiger partial charge < -0.3 is 24.9 Å². The lowest BCUT2D eigenvalue weighted by Gasteiger charge is -2.04. The summed E-state index contributed by atoms with van der Waals surface area (Å²) in [6, 6.07) is 4.78. The Morgan fingerprint density at radius 2 is 2.20 bits per heavy atom. The first-order valence-corrected chi connectivity index (χ1v) is 6.05. The van der Waals surface area contributed by atoms with E-state index in [9.17, 15) is 4.79 Å². The first-order chi connectivity index (χ1) is 9.63. The number of carbonyl (C=O) groups excluding carboxylic acids is 1. The molecule has 2 heterocycles. The van der Waals surface area contributed by atoms with Crippen LogP contribution in [0.15, 0.2) is 28.9 Å². The van der Waals surface area contributed by atoms with Crippen molar-refractivity contribution in [1.29, 1.82) is 0 Å². The number of anilines is 1. The molecule has 0 spiro atoms. The van der Waals surface area contributed by atoms with Gasteiger partial charge in [0.15, 0.2) is 17.2 Å². The second kappa shape index (κ2) is 4.86. The molecule has 1 aliphatic rings. The number of hydrogen-bond donors (Lipinski definition) is 2. The van der Waals surface area contributed by atoms with E-state index < -0.39 is 0 Å². The van der Waals surface area contributed by atoms with E-state index in [1.165, 1.54) is 6.26 Å². The molecule has 1 amide bonds. The normalized spacial score (nSPS) is 14.1. The van der Waals surface area contributed by atoms with Gasteiger partial charge >= 0.3 is 0 Å². The molecule has 1 atom stereocenters. The highest BCUT2D eigenvalue weighted by Gasteiger charge is 2.17.